The first-order chi connectivity index (χ1) is 9.60. The molecular formula is C17H25FN2. The molecule has 1 aliphatic heterocycles. The number of nitrogens with zero attached hydrogens (tertiary/aromatic N) is 1. The van der Waals surface area contributed by atoms with E-state index in [0.717, 1.165) is 18.8 Å². The summed E-state index contributed by atoms with van der Waals surface area (Å²) in [6, 6.07) is 5.57. The zero-order valence-electron chi connectivity index (χ0n) is 12.6. The summed E-state index contributed by atoms with van der Waals surface area (Å²) in [6.07, 6.45) is 6.50. The molecule has 1 aromatic rings. The summed E-state index contributed by atoms with van der Waals surface area (Å²) < 4.78 is 13.6. The van der Waals surface area contributed by atoms with Crippen molar-refractivity contribution in [3.63, 3.8) is 0 Å². The number of anilines is 1. The van der Waals surface area contributed by atoms with Crippen molar-refractivity contribution in [3.05, 3.63) is 29.6 Å². The average molecular weight is 276 g/mol. The summed E-state index contributed by atoms with van der Waals surface area (Å²) in [4.78, 5) is 2.42. The molecule has 1 unspecified atom stereocenters. The van der Waals surface area contributed by atoms with Crippen molar-refractivity contribution in [3.8, 4) is 0 Å². The normalized spacial score (nSPS) is 25.9. The Morgan fingerprint density at radius 3 is 2.75 bits per heavy atom. The van der Waals surface area contributed by atoms with Gasteiger partial charge in [-0.25, -0.2) is 4.39 Å². The van der Waals surface area contributed by atoms with Crippen molar-refractivity contribution in [2.24, 2.45) is 0 Å². The predicted octanol–water partition coefficient (Wildman–Crippen LogP) is 3.64. The Hall–Kier alpha value is -1.09. The highest BCUT2D eigenvalue weighted by atomic mass is 19.1. The van der Waals surface area contributed by atoms with Crippen LogP contribution in [0.4, 0.5) is 10.1 Å². The van der Waals surface area contributed by atoms with Gasteiger partial charge in [0.25, 0.3) is 0 Å². The molecule has 0 radical (unpaired) electrons. The maximum atomic E-state index is 13.6. The lowest BCUT2D eigenvalue weighted by molar-refractivity contribution is 0.200. The van der Waals surface area contributed by atoms with Crippen LogP contribution in [-0.2, 0) is 0 Å². The summed E-state index contributed by atoms with van der Waals surface area (Å²) in [5, 5.41) is 3.78. The topological polar surface area (TPSA) is 15.3 Å². The molecule has 3 rings (SSSR count). The lowest BCUT2D eigenvalue weighted by atomic mass is 9.79. The van der Waals surface area contributed by atoms with Crippen LogP contribution in [0.15, 0.2) is 18.2 Å². The second-order valence-corrected chi connectivity index (χ2v) is 6.63. The molecule has 0 bridgehead atoms. The molecule has 2 fully saturated rings. The number of aryl methyl sites for hydroxylation is 1. The second-order valence-electron chi connectivity index (χ2n) is 6.63. The SMILES string of the molecule is Cc1ccc(F)cc1N1CC2(CCCCC2)NCC1C. The molecule has 2 nitrogen and oxygen atoms in total. The Kier molecular flexibility index (Phi) is 3.72. The smallest absolute Gasteiger partial charge is 0.125 e. The van der Waals surface area contributed by atoms with Crippen molar-refractivity contribution in [1.29, 1.82) is 0 Å². The highest BCUT2D eigenvalue weighted by Crippen LogP contribution is 2.35. The zero-order chi connectivity index (χ0) is 14.2. The monoisotopic (exact) mass is 276 g/mol. The Labute approximate surface area is 121 Å². The van der Waals surface area contributed by atoms with Gasteiger partial charge >= 0.3 is 0 Å². The van der Waals surface area contributed by atoms with Crippen molar-refractivity contribution in [2.75, 3.05) is 18.0 Å². The average Bonchev–Trinajstić information content (AvgIpc) is 2.46. The molecule has 1 heterocycles. The molecule has 0 aromatic heterocycles. The number of hydrogen-bond acceptors (Lipinski definition) is 2. The van der Waals surface area contributed by atoms with E-state index in [1.165, 1.54) is 37.7 Å². The van der Waals surface area contributed by atoms with E-state index in [-0.39, 0.29) is 11.4 Å². The fraction of sp³-hybridized carbons (Fsp3) is 0.647. The van der Waals surface area contributed by atoms with E-state index in [9.17, 15) is 4.39 Å². The maximum absolute atomic E-state index is 13.6. The fourth-order valence-corrected chi connectivity index (χ4v) is 3.79. The lowest BCUT2D eigenvalue weighted by Crippen LogP contribution is -2.64. The van der Waals surface area contributed by atoms with Gasteiger partial charge in [0.2, 0.25) is 0 Å². The van der Waals surface area contributed by atoms with Crippen molar-refractivity contribution in [2.45, 2.75) is 57.5 Å². The van der Waals surface area contributed by atoms with Gasteiger partial charge in [0, 0.05) is 30.4 Å². The van der Waals surface area contributed by atoms with Gasteiger partial charge in [-0.1, -0.05) is 25.3 Å². The van der Waals surface area contributed by atoms with Gasteiger partial charge in [-0.15, -0.1) is 0 Å². The van der Waals surface area contributed by atoms with E-state index in [4.69, 9.17) is 0 Å². The largest absolute Gasteiger partial charge is 0.365 e. The minimum Gasteiger partial charge on any atom is -0.365 e. The molecule has 1 saturated heterocycles. The molecule has 1 atom stereocenters. The third kappa shape index (κ3) is 2.56. The van der Waals surface area contributed by atoms with Crippen molar-refractivity contribution >= 4 is 5.69 Å². The molecule has 1 saturated carbocycles. The van der Waals surface area contributed by atoms with Crippen molar-refractivity contribution in [1.82, 2.24) is 5.32 Å². The van der Waals surface area contributed by atoms with E-state index < -0.39 is 0 Å². The molecule has 1 N–H and O–H groups in total. The number of halogens is 1. The molecule has 2 aliphatic rings. The van der Waals surface area contributed by atoms with Crippen LogP contribution in [0.2, 0.25) is 0 Å². The van der Waals surface area contributed by atoms with E-state index in [0.29, 0.717) is 6.04 Å². The fourth-order valence-electron chi connectivity index (χ4n) is 3.79. The Morgan fingerprint density at radius 2 is 2.00 bits per heavy atom. The van der Waals surface area contributed by atoms with Gasteiger partial charge in [0.05, 0.1) is 0 Å². The molecular weight excluding hydrogens is 251 g/mol. The zero-order valence-corrected chi connectivity index (χ0v) is 12.6. The molecule has 1 aliphatic carbocycles. The van der Waals surface area contributed by atoms with Gasteiger partial charge in [-0.2, -0.15) is 0 Å². The number of hydrogen-bond donors (Lipinski definition) is 1. The molecule has 3 heteroatoms. The Morgan fingerprint density at radius 1 is 1.25 bits per heavy atom. The highest BCUT2D eigenvalue weighted by molar-refractivity contribution is 5.55. The third-order valence-electron chi connectivity index (χ3n) is 5.07. The van der Waals surface area contributed by atoms with Crippen LogP contribution in [0.3, 0.4) is 0 Å². The maximum Gasteiger partial charge on any atom is 0.125 e. The van der Waals surface area contributed by atoms with Gasteiger partial charge in [-0.05, 0) is 44.4 Å². The minimum absolute atomic E-state index is 0.131. The molecule has 20 heavy (non-hydrogen) atoms. The van der Waals surface area contributed by atoms with E-state index in [1.807, 2.05) is 6.07 Å². The minimum atomic E-state index is -0.131. The van der Waals surface area contributed by atoms with Gasteiger partial charge in [-0.3, -0.25) is 0 Å². The second kappa shape index (κ2) is 5.36. The van der Waals surface area contributed by atoms with E-state index in [2.05, 4.69) is 24.1 Å². The standard InChI is InChI=1S/C17H25FN2/c1-13-6-7-15(18)10-16(13)20-12-17(19-11-14(20)2)8-4-3-5-9-17/h6-7,10,14,19H,3-5,8-9,11-12H2,1-2H3. The number of benzene rings is 1. The van der Waals surface area contributed by atoms with Crippen LogP contribution in [0.1, 0.15) is 44.6 Å². The molecule has 110 valence electrons. The van der Waals surface area contributed by atoms with Crippen LogP contribution in [-0.4, -0.2) is 24.7 Å². The summed E-state index contributed by atoms with van der Waals surface area (Å²) in [6.45, 7) is 6.32. The number of piperazine rings is 1. The van der Waals surface area contributed by atoms with Crippen LogP contribution < -0.4 is 10.2 Å². The van der Waals surface area contributed by atoms with Crippen LogP contribution in [0.5, 0.6) is 0 Å². The van der Waals surface area contributed by atoms with Crippen molar-refractivity contribution < 1.29 is 4.39 Å². The predicted molar refractivity (Wildman–Crippen MR) is 81.8 cm³/mol. The lowest BCUT2D eigenvalue weighted by Gasteiger charge is -2.50. The summed E-state index contributed by atoms with van der Waals surface area (Å²) in [5.74, 6) is -0.131. The molecule has 1 aromatic carbocycles. The summed E-state index contributed by atoms with van der Waals surface area (Å²) in [7, 11) is 0. The highest BCUT2D eigenvalue weighted by Gasteiger charge is 2.39. The summed E-state index contributed by atoms with van der Waals surface area (Å²) >= 11 is 0. The first-order valence-corrected chi connectivity index (χ1v) is 7.87. The number of rotatable bonds is 1. The van der Waals surface area contributed by atoms with Crippen LogP contribution in [0, 0.1) is 12.7 Å². The first-order valence-electron chi connectivity index (χ1n) is 7.87. The van der Waals surface area contributed by atoms with E-state index >= 15 is 0 Å². The quantitative estimate of drug-likeness (QED) is 0.842. The third-order valence-corrected chi connectivity index (χ3v) is 5.07. The first kappa shape index (κ1) is 13.9. The summed E-state index contributed by atoms with van der Waals surface area (Å²) in [5.41, 5.74) is 2.50. The van der Waals surface area contributed by atoms with Gasteiger partial charge in [0.15, 0.2) is 0 Å². The van der Waals surface area contributed by atoms with Crippen LogP contribution in [0.25, 0.3) is 0 Å². The van der Waals surface area contributed by atoms with E-state index in [1.54, 1.807) is 12.1 Å². The van der Waals surface area contributed by atoms with Crippen LogP contribution >= 0.6 is 0 Å². The van der Waals surface area contributed by atoms with Gasteiger partial charge in [0.1, 0.15) is 5.82 Å². The van der Waals surface area contributed by atoms with Gasteiger partial charge < -0.3 is 10.2 Å². The molecule has 1 spiro atoms. The Bertz CT molecular complexity index is 480. The number of nitrogens with one attached hydrogen (secondary N) is 1. The molecule has 0 amide bonds. The Balaban J connectivity index is 1.88.